The zero-order valence-corrected chi connectivity index (χ0v) is 13.2. The van der Waals surface area contributed by atoms with Crippen molar-refractivity contribution in [2.75, 3.05) is 0 Å². The van der Waals surface area contributed by atoms with Gasteiger partial charge in [0.15, 0.2) is 0 Å². The predicted octanol–water partition coefficient (Wildman–Crippen LogP) is 3.22. The van der Waals surface area contributed by atoms with E-state index in [0.717, 1.165) is 0 Å². The highest BCUT2D eigenvalue weighted by molar-refractivity contribution is 5.85. The lowest BCUT2D eigenvalue weighted by Gasteiger charge is -2.24. The lowest BCUT2D eigenvalue weighted by Crippen LogP contribution is -2.38. The van der Waals surface area contributed by atoms with E-state index >= 15 is 0 Å². The first-order valence-corrected chi connectivity index (χ1v) is 6.57. The van der Waals surface area contributed by atoms with E-state index in [2.05, 4.69) is 35.3 Å². The van der Waals surface area contributed by atoms with Gasteiger partial charge in [-0.05, 0) is 25.3 Å². The maximum absolute atomic E-state index is 6.22. The molecule has 0 aliphatic carbocycles. The summed E-state index contributed by atoms with van der Waals surface area (Å²) < 4.78 is 5.71. The molecule has 110 valence electrons. The number of benzene rings is 1. The van der Waals surface area contributed by atoms with Crippen molar-refractivity contribution in [3.63, 3.8) is 0 Å². The Kier molecular flexibility index (Phi) is 5.31. The molecule has 4 nitrogen and oxygen atoms in total. The molecule has 0 saturated heterocycles. The van der Waals surface area contributed by atoms with Crippen molar-refractivity contribution in [3.05, 3.63) is 47.2 Å². The SMILES string of the molecule is Cc1cccc(Cc2nnc(C(C)(N)C(C)C)o2)c1.Cl. The van der Waals surface area contributed by atoms with Gasteiger partial charge in [0, 0.05) is 0 Å². The summed E-state index contributed by atoms with van der Waals surface area (Å²) >= 11 is 0. The normalized spacial score (nSPS) is 13.9. The van der Waals surface area contributed by atoms with E-state index in [1.807, 2.05) is 26.8 Å². The van der Waals surface area contributed by atoms with Crippen LogP contribution in [0.1, 0.15) is 43.7 Å². The van der Waals surface area contributed by atoms with Crippen LogP contribution < -0.4 is 5.73 Å². The number of aryl methyl sites for hydroxylation is 1. The van der Waals surface area contributed by atoms with E-state index < -0.39 is 5.54 Å². The fourth-order valence-corrected chi connectivity index (χ4v) is 1.79. The number of halogens is 1. The molecule has 2 aromatic rings. The second-order valence-corrected chi connectivity index (χ2v) is 5.60. The van der Waals surface area contributed by atoms with Crippen LogP contribution >= 0.6 is 12.4 Å². The van der Waals surface area contributed by atoms with E-state index in [4.69, 9.17) is 10.2 Å². The van der Waals surface area contributed by atoms with Gasteiger partial charge in [-0.25, -0.2) is 0 Å². The Labute approximate surface area is 126 Å². The molecule has 1 atom stereocenters. The van der Waals surface area contributed by atoms with E-state index in [9.17, 15) is 0 Å². The molecule has 20 heavy (non-hydrogen) atoms. The van der Waals surface area contributed by atoms with Gasteiger partial charge in [-0.3, -0.25) is 0 Å². The molecule has 1 aromatic carbocycles. The van der Waals surface area contributed by atoms with E-state index in [1.54, 1.807) is 0 Å². The van der Waals surface area contributed by atoms with Gasteiger partial charge in [0.05, 0.1) is 12.0 Å². The van der Waals surface area contributed by atoms with Crippen LogP contribution in [0.2, 0.25) is 0 Å². The van der Waals surface area contributed by atoms with Crippen molar-refractivity contribution in [2.24, 2.45) is 11.7 Å². The van der Waals surface area contributed by atoms with Gasteiger partial charge in [0.25, 0.3) is 0 Å². The van der Waals surface area contributed by atoms with Crippen LogP contribution in [0.25, 0.3) is 0 Å². The first-order valence-electron chi connectivity index (χ1n) is 6.57. The highest BCUT2D eigenvalue weighted by atomic mass is 35.5. The van der Waals surface area contributed by atoms with Gasteiger partial charge in [-0.1, -0.05) is 43.7 Å². The molecule has 1 aromatic heterocycles. The predicted molar refractivity (Wildman–Crippen MR) is 81.9 cm³/mol. The molecule has 2 N–H and O–H groups in total. The summed E-state index contributed by atoms with van der Waals surface area (Å²) in [5, 5.41) is 8.18. The summed E-state index contributed by atoms with van der Waals surface area (Å²) in [5.41, 5.74) is 8.02. The van der Waals surface area contributed by atoms with Crippen LogP contribution in [-0.2, 0) is 12.0 Å². The van der Waals surface area contributed by atoms with Crippen molar-refractivity contribution >= 4 is 12.4 Å². The summed E-state index contributed by atoms with van der Waals surface area (Å²) in [6.45, 7) is 8.08. The fourth-order valence-electron chi connectivity index (χ4n) is 1.79. The van der Waals surface area contributed by atoms with Crippen LogP contribution in [0, 0.1) is 12.8 Å². The minimum absolute atomic E-state index is 0. The molecule has 0 amide bonds. The fraction of sp³-hybridized carbons (Fsp3) is 0.467. The van der Waals surface area contributed by atoms with Crippen molar-refractivity contribution in [3.8, 4) is 0 Å². The Morgan fingerprint density at radius 3 is 2.60 bits per heavy atom. The van der Waals surface area contributed by atoms with Crippen LogP contribution in [0.15, 0.2) is 28.7 Å². The highest BCUT2D eigenvalue weighted by Gasteiger charge is 2.31. The standard InChI is InChI=1S/C15H21N3O.ClH/c1-10(2)15(4,16)14-18-17-13(19-14)9-12-7-5-6-11(3)8-12;/h5-8,10H,9,16H2,1-4H3;1H. The molecule has 2 rings (SSSR count). The monoisotopic (exact) mass is 295 g/mol. The number of hydrogen-bond acceptors (Lipinski definition) is 4. The third-order valence-electron chi connectivity index (χ3n) is 3.56. The Morgan fingerprint density at radius 2 is 2.00 bits per heavy atom. The quantitative estimate of drug-likeness (QED) is 0.940. The van der Waals surface area contributed by atoms with Crippen LogP contribution in [0.3, 0.4) is 0 Å². The first kappa shape index (κ1) is 16.7. The lowest BCUT2D eigenvalue weighted by atomic mass is 9.90. The van der Waals surface area contributed by atoms with Crippen molar-refractivity contribution < 1.29 is 4.42 Å². The smallest absolute Gasteiger partial charge is 0.236 e. The zero-order chi connectivity index (χ0) is 14.0. The molecular formula is C15H22ClN3O. The minimum atomic E-state index is -0.585. The summed E-state index contributed by atoms with van der Waals surface area (Å²) in [6.07, 6.45) is 0.642. The maximum atomic E-state index is 6.22. The molecule has 0 fully saturated rings. The van der Waals surface area contributed by atoms with Gasteiger partial charge >= 0.3 is 0 Å². The number of hydrogen-bond donors (Lipinski definition) is 1. The second kappa shape index (κ2) is 6.37. The number of aromatic nitrogens is 2. The molecule has 0 aliphatic heterocycles. The van der Waals surface area contributed by atoms with E-state index in [-0.39, 0.29) is 18.3 Å². The summed E-state index contributed by atoms with van der Waals surface area (Å²) in [4.78, 5) is 0. The largest absolute Gasteiger partial charge is 0.423 e. The summed E-state index contributed by atoms with van der Waals surface area (Å²) in [6, 6.07) is 8.27. The third-order valence-corrected chi connectivity index (χ3v) is 3.56. The molecule has 5 heteroatoms. The molecule has 0 spiro atoms. The van der Waals surface area contributed by atoms with Gasteiger partial charge in [0.2, 0.25) is 11.8 Å². The topological polar surface area (TPSA) is 64.9 Å². The third kappa shape index (κ3) is 3.58. The van der Waals surface area contributed by atoms with Crippen LogP contribution in [0.5, 0.6) is 0 Å². The van der Waals surface area contributed by atoms with E-state index in [1.165, 1.54) is 11.1 Å². The molecule has 1 unspecified atom stereocenters. The molecular weight excluding hydrogens is 274 g/mol. The molecule has 0 saturated carbocycles. The average Bonchev–Trinajstić information content (AvgIpc) is 2.78. The Bertz CT molecular complexity index is 564. The van der Waals surface area contributed by atoms with Crippen LogP contribution in [-0.4, -0.2) is 10.2 Å². The zero-order valence-electron chi connectivity index (χ0n) is 12.4. The molecule has 0 bridgehead atoms. The number of nitrogens with zero attached hydrogens (tertiary/aromatic N) is 2. The Morgan fingerprint density at radius 1 is 1.30 bits per heavy atom. The first-order chi connectivity index (χ1) is 8.89. The minimum Gasteiger partial charge on any atom is -0.423 e. The maximum Gasteiger partial charge on any atom is 0.236 e. The lowest BCUT2D eigenvalue weighted by molar-refractivity contribution is 0.266. The van der Waals surface area contributed by atoms with Crippen LogP contribution in [0.4, 0.5) is 0 Å². The second-order valence-electron chi connectivity index (χ2n) is 5.60. The summed E-state index contributed by atoms with van der Waals surface area (Å²) in [7, 11) is 0. The molecule has 0 radical (unpaired) electrons. The van der Waals surface area contributed by atoms with Gasteiger partial charge in [-0.2, -0.15) is 0 Å². The van der Waals surface area contributed by atoms with Gasteiger partial charge in [-0.15, -0.1) is 22.6 Å². The van der Waals surface area contributed by atoms with Crippen molar-refractivity contribution in [2.45, 2.75) is 39.7 Å². The molecule has 0 aliphatic rings. The van der Waals surface area contributed by atoms with Crippen molar-refractivity contribution in [1.82, 2.24) is 10.2 Å². The van der Waals surface area contributed by atoms with Gasteiger partial charge < -0.3 is 10.2 Å². The van der Waals surface area contributed by atoms with Crippen molar-refractivity contribution in [1.29, 1.82) is 0 Å². The highest BCUT2D eigenvalue weighted by Crippen LogP contribution is 2.25. The Hall–Kier alpha value is -1.39. The average molecular weight is 296 g/mol. The Balaban J connectivity index is 0.00000200. The molecule has 1 heterocycles. The summed E-state index contributed by atoms with van der Waals surface area (Å²) in [5.74, 6) is 1.35. The number of nitrogens with two attached hydrogens (primary N) is 1. The van der Waals surface area contributed by atoms with E-state index in [0.29, 0.717) is 18.2 Å². The van der Waals surface area contributed by atoms with Gasteiger partial charge in [0.1, 0.15) is 0 Å². The number of rotatable bonds is 4.